The van der Waals surface area contributed by atoms with Crippen LogP contribution in [-0.2, 0) is 17.8 Å². The van der Waals surface area contributed by atoms with Crippen LogP contribution in [0.4, 0.5) is 0 Å². The summed E-state index contributed by atoms with van der Waals surface area (Å²) < 4.78 is 0. The fraction of sp³-hybridized carbons (Fsp3) is 0.474. The molecule has 0 bridgehead atoms. The number of nitrogens with one attached hydrogen (secondary N) is 1. The van der Waals surface area contributed by atoms with E-state index in [1.54, 1.807) is 11.3 Å². The Morgan fingerprint density at radius 3 is 2.54 bits per heavy atom. The second-order valence-corrected chi connectivity index (χ2v) is 7.08. The standard InChI is InChI=1S/C19H27N3OS/c1-5-15-7-9-16(10-8-15)19-21-17(13-24-19)11-22(6-2)12-18(23)20-14(3)4/h7-10,13-14H,5-6,11-12H2,1-4H3,(H,20,23). The Morgan fingerprint density at radius 1 is 1.25 bits per heavy atom. The van der Waals surface area contributed by atoms with Gasteiger partial charge in [0, 0.05) is 23.5 Å². The molecule has 1 aromatic carbocycles. The molecule has 0 aliphatic heterocycles. The highest BCUT2D eigenvalue weighted by molar-refractivity contribution is 7.13. The van der Waals surface area contributed by atoms with Gasteiger partial charge in [0.25, 0.3) is 0 Å². The smallest absolute Gasteiger partial charge is 0.234 e. The van der Waals surface area contributed by atoms with E-state index in [1.807, 2.05) is 13.8 Å². The first kappa shape index (κ1) is 18.6. The van der Waals surface area contributed by atoms with Crippen LogP contribution in [0, 0.1) is 0 Å². The van der Waals surface area contributed by atoms with Crippen LogP contribution >= 0.6 is 11.3 Å². The fourth-order valence-electron chi connectivity index (χ4n) is 2.47. The lowest BCUT2D eigenvalue weighted by Gasteiger charge is -2.19. The lowest BCUT2D eigenvalue weighted by Crippen LogP contribution is -2.39. The number of hydrogen-bond donors (Lipinski definition) is 1. The maximum Gasteiger partial charge on any atom is 0.234 e. The first-order valence-electron chi connectivity index (χ1n) is 8.57. The van der Waals surface area contributed by atoms with Gasteiger partial charge in [-0.15, -0.1) is 11.3 Å². The van der Waals surface area contributed by atoms with Crippen molar-refractivity contribution in [2.75, 3.05) is 13.1 Å². The summed E-state index contributed by atoms with van der Waals surface area (Å²) in [5, 5.41) is 6.06. The lowest BCUT2D eigenvalue weighted by molar-refractivity contribution is -0.122. The van der Waals surface area contributed by atoms with E-state index in [1.165, 1.54) is 5.56 Å². The number of aromatic nitrogens is 1. The average molecular weight is 346 g/mol. The van der Waals surface area contributed by atoms with E-state index < -0.39 is 0 Å². The molecule has 0 saturated carbocycles. The van der Waals surface area contributed by atoms with Gasteiger partial charge in [-0.3, -0.25) is 9.69 Å². The summed E-state index contributed by atoms with van der Waals surface area (Å²) in [6, 6.07) is 8.76. The Hall–Kier alpha value is -1.72. The highest BCUT2D eigenvalue weighted by atomic mass is 32.1. The third-order valence-electron chi connectivity index (χ3n) is 3.81. The summed E-state index contributed by atoms with van der Waals surface area (Å²) in [5.41, 5.74) is 3.52. The predicted octanol–water partition coefficient (Wildman–Crippen LogP) is 3.72. The average Bonchev–Trinajstić information content (AvgIpc) is 3.02. The summed E-state index contributed by atoms with van der Waals surface area (Å²) in [6.07, 6.45) is 1.05. The molecule has 1 N–H and O–H groups in total. The van der Waals surface area contributed by atoms with E-state index in [0.717, 1.165) is 29.2 Å². The lowest BCUT2D eigenvalue weighted by atomic mass is 10.1. The number of hydrogen-bond acceptors (Lipinski definition) is 4. The van der Waals surface area contributed by atoms with Crippen molar-refractivity contribution in [2.45, 2.75) is 46.7 Å². The van der Waals surface area contributed by atoms with E-state index in [4.69, 9.17) is 4.98 Å². The molecule has 1 heterocycles. The van der Waals surface area contributed by atoms with Crippen molar-refractivity contribution >= 4 is 17.2 Å². The Balaban J connectivity index is 1.99. The largest absolute Gasteiger partial charge is 0.353 e. The van der Waals surface area contributed by atoms with Crippen LogP contribution in [0.3, 0.4) is 0 Å². The minimum absolute atomic E-state index is 0.0671. The Bertz CT molecular complexity index is 649. The molecule has 0 unspecified atom stereocenters. The Morgan fingerprint density at radius 2 is 1.96 bits per heavy atom. The zero-order valence-electron chi connectivity index (χ0n) is 15.0. The minimum atomic E-state index is 0.0671. The normalized spacial score (nSPS) is 11.2. The van der Waals surface area contributed by atoms with Gasteiger partial charge in [0.05, 0.1) is 12.2 Å². The van der Waals surface area contributed by atoms with E-state index in [0.29, 0.717) is 13.1 Å². The van der Waals surface area contributed by atoms with Gasteiger partial charge in [0.1, 0.15) is 5.01 Å². The van der Waals surface area contributed by atoms with Crippen LogP contribution in [0.15, 0.2) is 29.6 Å². The maximum absolute atomic E-state index is 11.9. The number of likely N-dealkylation sites (N-methyl/N-ethyl adjacent to an activating group) is 1. The van der Waals surface area contributed by atoms with E-state index >= 15 is 0 Å². The molecule has 0 saturated heterocycles. The molecule has 1 amide bonds. The summed E-state index contributed by atoms with van der Waals surface area (Å²) in [4.78, 5) is 18.8. The van der Waals surface area contributed by atoms with Crippen LogP contribution in [0.1, 0.15) is 39.0 Å². The molecule has 5 heteroatoms. The van der Waals surface area contributed by atoms with Crippen molar-refractivity contribution in [1.29, 1.82) is 0 Å². The molecule has 0 aliphatic carbocycles. The molecule has 0 radical (unpaired) electrons. The zero-order valence-corrected chi connectivity index (χ0v) is 15.8. The number of nitrogens with zero attached hydrogens (tertiary/aromatic N) is 2. The van der Waals surface area contributed by atoms with Crippen LogP contribution in [0.2, 0.25) is 0 Å². The number of carbonyl (C=O) groups is 1. The molecule has 0 spiro atoms. The molecule has 1 aromatic heterocycles. The molecule has 2 rings (SSSR count). The number of aryl methyl sites for hydroxylation is 1. The molecule has 130 valence electrons. The molecule has 0 atom stereocenters. The van der Waals surface area contributed by atoms with Crippen molar-refractivity contribution < 1.29 is 4.79 Å². The van der Waals surface area contributed by atoms with Crippen molar-refractivity contribution in [3.05, 3.63) is 40.9 Å². The summed E-state index contributed by atoms with van der Waals surface area (Å²) in [6.45, 7) is 10.1. The number of carbonyl (C=O) groups excluding carboxylic acids is 1. The Kier molecular flexibility index (Phi) is 6.94. The topological polar surface area (TPSA) is 45.2 Å². The monoisotopic (exact) mass is 345 g/mol. The van der Waals surface area contributed by atoms with Gasteiger partial charge in [-0.05, 0) is 32.4 Å². The van der Waals surface area contributed by atoms with Crippen LogP contribution in [0.5, 0.6) is 0 Å². The third-order valence-corrected chi connectivity index (χ3v) is 4.75. The van der Waals surface area contributed by atoms with Gasteiger partial charge < -0.3 is 5.32 Å². The van der Waals surface area contributed by atoms with Crippen molar-refractivity contribution in [3.63, 3.8) is 0 Å². The highest BCUT2D eigenvalue weighted by Gasteiger charge is 2.13. The fourth-order valence-corrected chi connectivity index (χ4v) is 3.29. The van der Waals surface area contributed by atoms with Crippen molar-refractivity contribution in [2.24, 2.45) is 0 Å². The first-order chi connectivity index (χ1) is 11.5. The molecular formula is C19H27N3OS. The second-order valence-electron chi connectivity index (χ2n) is 6.22. The minimum Gasteiger partial charge on any atom is -0.353 e. The summed E-state index contributed by atoms with van der Waals surface area (Å²) in [7, 11) is 0. The molecule has 24 heavy (non-hydrogen) atoms. The van der Waals surface area contributed by atoms with Crippen LogP contribution < -0.4 is 5.32 Å². The van der Waals surface area contributed by atoms with Crippen molar-refractivity contribution in [3.8, 4) is 10.6 Å². The van der Waals surface area contributed by atoms with Crippen LogP contribution in [0.25, 0.3) is 10.6 Å². The molecule has 2 aromatic rings. The van der Waals surface area contributed by atoms with Gasteiger partial charge in [-0.2, -0.15) is 0 Å². The molecular weight excluding hydrogens is 318 g/mol. The van der Waals surface area contributed by atoms with E-state index in [2.05, 4.69) is 53.7 Å². The highest BCUT2D eigenvalue weighted by Crippen LogP contribution is 2.24. The van der Waals surface area contributed by atoms with Gasteiger partial charge in [-0.1, -0.05) is 38.1 Å². The van der Waals surface area contributed by atoms with E-state index in [-0.39, 0.29) is 11.9 Å². The first-order valence-corrected chi connectivity index (χ1v) is 9.45. The molecule has 0 aliphatic rings. The maximum atomic E-state index is 11.9. The van der Waals surface area contributed by atoms with Gasteiger partial charge in [0.15, 0.2) is 0 Å². The predicted molar refractivity (Wildman–Crippen MR) is 101 cm³/mol. The summed E-state index contributed by atoms with van der Waals surface area (Å²) >= 11 is 1.66. The summed E-state index contributed by atoms with van der Waals surface area (Å²) in [5.74, 6) is 0.0671. The SMILES string of the molecule is CCc1ccc(-c2nc(CN(CC)CC(=O)NC(C)C)cs2)cc1. The Labute approximate surface area is 148 Å². The number of rotatable bonds is 8. The number of benzene rings is 1. The van der Waals surface area contributed by atoms with Gasteiger partial charge in [0.2, 0.25) is 5.91 Å². The van der Waals surface area contributed by atoms with Crippen molar-refractivity contribution in [1.82, 2.24) is 15.2 Å². The van der Waals surface area contributed by atoms with E-state index in [9.17, 15) is 4.79 Å². The van der Waals surface area contributed by atoms with Gasteiger partial charge in [-0.25, -0.2) is 4.98 Å². The quantitative estimate of drug-likeness (QED) is 0.793. The number of amides is 1. The molecule has 0 fully saturated rings. The third kappa shape index (κ3) is 5.42. The molecule has 4 nitrogen and oxygen atoms in total. The number of thiazole rings is 1. The zero-order chi connectivity index (χ0) is 17.5. The van der Waals surface area contributed by atoms with Crippen LogP contribution in [-0.4, -0.2) is 34.9 Å². The second kappa shape index (κ2) is 8.94. The van der Waals surface area contributed by atoms with Gasteiger partial charge >= 0.3 is 0 Å².